The highest BCUT2D eigenvalue weighted by atomic mass is 16.6. The van der Waals surface area contributed by atoms with Crippen LogP contribution in [-0.4, -0.2) is 42.5 Å². The van der Waals surface area contributed by atoms with Gasteiger partial charge in [0.2, 0.25) is 0 Å². The summed E-state index contributed by atoms with van der Waals surface area (Å²) >= 11 is 0. The molecule has 0 saturated carbocycles. The van der Waals surface area contributed by atoms with Crippen molar-refractivity contribution in [3.63, 3.8) is 0 Å². The number of methoxy groups -OCH3 is 1. The van der Waals surface area contributed by atoms with Crippen LogP contribution >= 0.6 is 0 Å². The normalized spacial score (nSPS) is 12.1. The number of rotatable bonds is 8. The van der Waals surface area contributed by atoms with Crippen LogP contribution < -0.4 is 14.8 Å². The number of nitrogens with one attached hydrogen (secondary N) is 1. The van der Waals surface area contributed by atoms with E-state index in [1.165, 1.54) is 13.4 Å². The SMILES string of the molecule is CCOC(=O)C(Cc1cc(Oc2ccccc2OC)c2occc2c1O)NC(=O)OC(C)(C)C. The molecule has 0 saturated heterocycles. The van der Waals surface area contributed by atoms with Gasteiger partial charge in [0.25, 0.3) is 0 Å². The van der Waals surface area contributed by atoms with E-state index in [-0.39, 0.29) is 18.8 Å². The lowest BCUT2D eigenvalue weighted by Crippen LogP contribution is -2.45. The van der Waals surface area contributed by atoms with Gasteiger partial charge in [0.1, 0.15) is 17.4 Å². The predicted octanol–water partition coefficient (Wildman–Crippen LogP) is 4.94. The first kappa shape index (κ1) is 24.8. The minimum atomic E-state index is -1.11. The Labute approximate surface area is 197 Å². The number of carbonyl (C=O) groups is 2. The van der Waals surface area contributed by atoms with Crippen molar-refractivity contribution in [3.8, 4) is 23.0 Å². The quantitative estimate of drug-likeness (QED) is 0.444. The highest BCUT2D eigenvalue weighted by Crippen LogP contribution is 2.41. The van der Waals surface area contributed by atoms with Crippen molar-refractivity contribution < 1.29 is 38.1 Å². The van der Waals surface area contributed by atoms with Crippen molar-refractivity contribution in [3.05, 3.63) is 48.2 Å². The summed E-state index contributed by atoms with van der Waals surface area (Å²) in [6.07, 6.45) is 0.568. The van der Waals surface area contributed by atoms with Gasteiger partial charge in [-0.15, -0.1) is 0 Å². The fourth-order valence-corrected chi connectivity index (χ4v) is 3.31. The fraction of sp³-hybridized carbons (Fsp3) is 0.360. The first-order valence-electron chi connectivity index (χ1n) is 10.8. The van der Waals surface area contributed by atoms with Gasteiger partial charge >= 0.3 is 12.1 Å². The number of hydrogen-bond donors (Lipinski definition) is 2. The number of furan rings is 1. The standard InChI is InChI=1S/C25H29NO8/c1-6-31-23(28)17(26-24(29)34-25(2,3)4)13-15-14-20(22-16(21(15)27)11-12-32-22)33-19-10-8-7-9-18(19)30-5/h7-12,14,17,27H,6,13H2,1-5H3,(H,26,29). The molecule has 182 valence electrons. The molecule has 1 atom stereocenters. The minimum absolute atomic E-state index is 0.0761. The molecule has 9 nitrogen and oxygen atoms in total. The number of para-hydroxylation sites is 2. The first-order chi connectivity index (χ1) is 16.1. The molecule has 0 bridgehead atoms. The molecule has 0 aliphatic carbocycles. The van der Waals surface area contributed by atoms with Crippen LogP contribution in [0.25, 0.3) is 11.0 Å². The topological polar surface area (TPSA) is 116 Å². The molecule has 0 fully saturated rings. The molecule has 0 radical (unpaired) electrons. The summed E-state index contributed by atoms with van der Waals surface area (Å²) in [5.74, 6) is 0.488. The van der Waals surface area contributed by atoms with Gasteiger partial charge in [-0.1, -0.05) is 12.1 Å². The molecule has 0 aliphatic heterocycles. The number of fused-ring (bicyclic) bond motifs is 1. The molecule has 1 heterocycles. The van der Waals surface area contributed by atoms with Crippen molar-refractivity contribution in [1.29, 1.82) is 0 Å². The van der Waals surface area contributed by atoms with Crippen molar-refractivity contribution in [1.82, 2.24) is 5.32 Å². The lowest BCUT2D eigenvalue weighted by Gasteiger charge is -2.23. The number of amides is 1. The lowest BCUT2D eigenvalue weighted by molar-refractivity contribution is -0.145. The number of esters is 1. The van der Waals surface area contributed by atoms with E-state index in [0.29, 0.717) is 33.8 Å². The van der Waals surface area contributed by atoms with Crippen LogP contribution in [0.4, 0.5) is 4.79 Å². The maximum absolute atomic E-state index is 12.6. The average molecular weight is 472 g/mol. The molecule has 3 aromatic rings. The third-order valence-electron chi connectivity index (χ3n) is 4.73. The Balaban J connectivity index is 1.97. The molecule has 34 heavy (non-hydrogen) atoms. The maximum Gasteiger partial charge on any atom is 0.408 e. The number of phenols is 1. The van der Waals surface area contributed by atoms with E-state index in [1.807, 2.05) is 6.07 Å². The van der Waals surface area contributed by atoms with E-state index in [2.05, 4.69) is 5.32 Å². The van der Waals surface area contributed by atoms with Crippen LogP contribution in [0.3, 0.4) is 0 Å². The molecule has 9 heteroatoms. The van der Waals surface area contributed by atoms with E-state index < -0.39 is 23.7 Å². The minimum Gasteiger partial charge on any atom is -0.507 e. The Kier molecular flexibility index (Phi) is 7.55. The van der Waals surface area contributed by atoms with Crippen LogP contribution in [-0.2, 0) is 20.7 Å². The number of phenolic OH excluding ortho intramolecular Hbond substituents is 1. The molecule has 0 aliphatic rings. The molecule has 1 amide bonds. The summed E-state index contributed by atoms with van der Waals surface area (Å²) < 4.78 is 27.3. The van der Waals surface area contributed by atoms with Crippen molar-refractivity contribution in [2.45, 2.75) is 45.8 Å². The second-order valence-electron chi connectivity index (χ2n) is 8.45. The summed E-state index contributed by atoms with van der Waals surface area (Å²) in [6.45, 7) is 6.93. The van der Waals surface area contributed by atoms with Gasteiger partial charge in [0, 0.05) is 12.0 Å². The molecule has 1 unspecified atom stereocenters. The van der Waals surface area contributed by atoms with E-state index in [9.17, 15) is 14.7 Å². The van der Waals surface area contributed by atoms with Gasteiger partial charge in [0.05, 0.1) is 25.4 Å². The van der Waals surface area contributed by atoms with Crippen molar-refractivity contribution >= 4 is 23.0 Å². The molecule has 3 rings (SSSR count). The van der Waals surface area contributed by atoms with Crippen LogP contribution in [0.2, 0.25) is 0 Å². The number of aromatic hydroxyl groups is 1. The summed E-state index contributed by atoms with van der Waals surface area (Å²) in [4.78, 5) is 24.9. The smallest absolute Gasteiger partial charge is 0.408 e. The fourth-order valence-electron chi connectivity index (χ4n) is 3.31. The third kappa shape index (κ3) is 5.92. The number of ether oxygens (including phenoxy) is 4. The van der Waals surface area contributed by atoms with E-state index >= 15 is 0 Å². The lowest BCUT2D eigenvalue weighted by atomic mass is 10.0. The second-order valence-corrected chi connectivity index (χ2v) is 8.45. The average Bonchev–Trinajstić information content (AvgIpc) is 3.26. The highest BCUT2D eigenvalue weighted by Gasteiger charge is 2.28. The van der Waals surface area contributed by atoms with Gasteiger partial charge in [-0.2, -0.15) is 0 Å². The molecular weight excluding hydrogens is 442 g/mol. The van der Waals surface area contributed by atoms with Gasteiger partial charge < -0.3 is 33.8 Å². The second kappa shape index (κ2) is 10.4. The van der Waals surface area contributed by atoms with Crippen molar-refractivity contribution in [2.75, 3.05) is 13.7 Å². The van der Waals surface area contributed by atoms with Crippen LogP contribution in [0.5, 0.6) is 23.0 Å². The van der Waals surface area contributed by atoms with Gasteiger partial charge in [-0.05, 0) is 52.0 Å². The Morgan fingerprint density at radius 3 is 2.47 bits per heavy atom. The summed E-state index contributed by atoms with van der Waals surface area (Å²) in [7, 11) is 1.53. The zero-order valence-corrected chi connectivity index (χ0v) is 19.8. The highest BCUT2D eigenvalue weighted by molar-refractivity contribution is 5.91. The molecular formula is C25H29NO8. The maximum atomic E-state index is 12.6. The molecule has 2 aromatic carbocycles. The number of hydrogen-bond acceptors (Lipinski definition) is 8. The predicted molar refractivity (Wildman–Crippen MR) is 124 cm³/mol. The summed E-state index contributed by atoms with van der Waals surface area (Å²) in [5.41, 5.74) is -0.0930. The Hall–Kier alpha value is -3.88. The van der Waals surface area contributed by atoms with Gasteiger partial charge in [-0.25, -0.2) is 9.59 Å². The first-order valence-corrected chi connectivity index (χ1v) is 10.8. The van der Waals surface area contributed by atoms with Gasteiger partial charge in [-0.3, -0.25) is 0 Å². The largest absolute Gasteiger partial charge is 0.507 e. The summed E-state index contributed by atoms with van der Waals surface area (Å²) in [5, 5.41) is 13.8. The Morgan fingerprint density at radius 1 is 1.12 bits per heavy atom. The third-order valence-corrected chi connectivity index (χ3v) is 4.73. The van der Waals surface area contributed by atoms with E-state index in [4.69, 9.17) is 23.4 Å². The number of carbonyl (C=O) groups excluding carboxylic acids is 2. The van der Waals surface area contributed by atoms with E-state index in [1.54, 1.807) is 58.0 Å². The Bertz CT molecular complexity index is 1160. The Morgan fingerprint density at radius 2 is 1.82 bits per heavy atom. The zero-order chi connectivity index (χ0) is 24.9. The molecule has 1 aromatic heterocycles. The number of alkyl carbamates (subject to hydrolysis) is 1. The van der Waals surface area contributed by atoms with Gasteiger partial charge in [0.15, 0.2) is 22.8 Å². The molecule has 0 spiro atoms. The number of benzene rings is 2. The van der Waals surface area contributed by atoms with Crippen LogP contribution in [0.15, 0.2) is 47.1 Å². The van der Waals surface area contributed by atoms with Crippen LogP contribution in [0, 0.1) is 0 Å². The molecule has 2 N–H and O–H groups in total. The summed E-state index contributed by atoms with van der Waals surface area (Å²) in [6, 6.07) is 9.11. The van der Waals surface area contributed by atoms with Crippen LogP contribution in [0.1, 0.15) is 33.3 Å². The zero-order valence-electron chi connectivity index (χ0n) is 19.8. The van der Waals surface area contributed by atoms with Crippen molar-refractivity contribution in [2.24, 2.45) is 0 Å². The monoisotopic (exact) mass is 471 g/mol. The van der Waals surface area contributed by atoms with E-state index in [0.717, 1.165) is 0 Å².